The topological polar surface area (TPSA) is 103 Å². The van der Waals surface area contributed by atoms with Crippen LogP contribution in [0, 0.1) is 11.6 Å². The molecule has 0 unspecified atom stereocenters. The van der Waals surface area contributed by atoms with Gasteiger partial charge in [0, 0.05) is 28.6 Å². The van der Waals surface area contributed by atoms with Gasteiger partial charge in [-0.05, 0) is 48.0 Å². The van der Waals surface area contributed by atoms with Crippen molar-refractivity contribution >= 4 is 28.6 Å². The van der Waals surface area contributed by atoms with E-state index >= 15 is 4.39 Å². The summed E-state index contributed by atoms with van der Waals surface area (Å²) in [5.41, 5.74) is 2.99. The van der Waals surface area contributed by atoms with Crippen LogP contribution in [-0.4, -0.2) is 30.6 Å². The Labute approximate surface area is 242 Å². The largest absolute Gasteiger partial charge is 0.478 e. The van der Waals surface area contributed by atoms with E-state index < -0.39 is 17.6 Å². The summed E-state index contributed by atoms with van der Waals surface area (Å²) in [5.74, 6) is -0.681. The number of aromatic carboxylic acids is 1. The van der Waals surface area contributed by atoms with Crippen molar-refractivity contribution in [3.8, 4) is 17.1 Å². The molecular formula is C31H21ClF2N4O4. The number of hydrogen-bond donors (Lipinski definition) is 1. The lowest BCUT2D eigenvalue weighted by Crippen LogP contribution is -2.07. The van der Waals surface area contributed by atoms with Crippen LogP contribution in [0.15, 0.2) is 89.8 Å². The molecule has 0 amide bonds. The molecule has 1 N–H and O–H groups in total. The summed E-state index contributed by atoms with van der Waals surface area (Å²) in [4.78, 5) is 24.6. The Morgan fingerprint density at radius 2 is 1.81 bits per heavy atom. The predicted octanol–water partition coefficient (Wildman–Crippen LogP) is 6.93. The van der Waals surface area contributed by atoms with E-state index in [2.05, 4.69) is 15.0 Å². The Bertz CT molecular complexity index is 1920. The van der Waals surface area contributed by atoms with Gasteiger partial charge in [-0.3, -0.25) is 0 Å². The number of carboxylic acids is 1. The zero-order valence-corrected chi connectivity index (χ0v) is 22.6. The molecule has 0 fully saturated rings. The highest BCUT2D eigenvalue weighted by Gasteiger charge is 2.17. The van der Waals surface area contributed by atoms with Gasteiger partial charge in [0.2, 0.25) is 5.88 Å². The summed E-state index contributed by atoms with van der Waals surface area (Å²) in [6.07, 6.45) is 3.00. The first-order valence-electron chi connectivity index (χ1n) is 12.8. The number of halogens is 3. The molecule has 0 aliphatic carbocycles. The highest BCUT2D eigenvalue weighted by Crippen LogP contribution is 2.26. The molecule has 42 heavy (non-hydrogen) atoms. The summed E-state index contributed by atoms with van der Waals surface area (Å²) in [6, 6.07) is 18.8. The molecule has 6 rings (SSSR count). The number of fused-ring (bicyclic) bond motifs is 1. The van der Waals surface area contributed by atoms with Gasteiger partial charge in [-0.15, -0.1) is 0 Å². The minimum Gasteiger partial charge on any atom is -0.478 e. The Balaban J connectivity index is 1.26. The van der Waals surface area contributed by atoms with Crippen LogP contribution in [0.4, 0.5) is 8.78 Å². The Hall–Kier alpha value is -5.09. The average molecular weight is 587 g/mol. The molecule has 3 aromatic heterocycles. The zero-order valence-electron chi connectivity index (χ0n) is 21.8. The molecule has 0 radical (unpaired) electrons. The summed E-state index contributed by atoms with van der Waals surface area (Å²) in [6.45, 7) is 0.195. The summed E-state index contributed by atoms with van der Waals surface area (Å²) < 4.78 is 42.4. The lowest BCUT2D eigenvalue weighted by Gasteiger charge is -2.11. The van der Waals surface area contributed by atoms with E-state index in [4.69, 9.17) is 20.8 Å². The number of nitrogens with zero attached hydrogens (tertiary/aromatic N) is 4. The fourth-order valence-corrected chi connectivity index (χ4v) is 4.72. The minimum atomic E-state index is -1.06. The zero-order chi connectivity index (χ0) is 29.2. The molecule has 3 heterocycles. The molecule has 8 nitrogen and oxygen atoms in total. The molecule has 0 aliphatic rings. The quantitative estimate of drug-likeness (QED) is 0.196. The van der Waals surface area contributed by atoms with E-state index in [1.165, 1.54) is 30.7 Å². The lowest BCUT2D eigenvalue weighted by molar-refractivity contribution is 0.0697. The van der Waals surface area contributed by atoms with Crippen molar-refractivity contribution in [2.75, 3.05) is 0 Å². The number of ether oxygens (including phenoxy) is 1. The maximum Gasteiger partial charge on any atom is 0.335 e. The molecule has 0 atom stereocenters. The van der Waals surface area contributed by atoms with Crippen LogP contribution in [0.1, 0.15) is 33.1 Å². The van der Waals surface area contributed by atoms with Crippen LogP contribution < -0.4 is 4.74 Å². The number of hydrogen-bond acceptors (Lipinski definition) is 6. The number of rotatable bonds is 9. The molecule has 0 bridgehead atoms. The smallest absolute Gasteiger partial charge is 0.335 e. The molecular weight excluding hydrogens is 566 g/mol. The van der Waals surface area contributed by atoms with Crippen LogP contribution in [0.3, 0.4) is 0 Å². The van der Waals surface area contributed by atoms with Crippen LogP contribution in [0.25, 0.3) is 22.3 Å². The molecule has 6 aromatic rings. The van der Waals surface area contributed by atoms with E-state index in [-0.39, 0.29) is 31.0 Å². The van der Waals surface area contributed by atoms with Crippen molar-refractivity contribution in [3.05, 3.63) is 130 Å². The highest BCUT2D eigenvalue weighted by molar-refractivity contribution is 6.30. The Morgan fingerprint density at radius 3 is 2.57 bits per heavy atom. The number of benzene rings is 3. The molecule has 0 spiro atoms. The number of oxazole rings is 1. The number of pyridine rings is 1. The second-order valence-electron chi connectivity index (χ2n) is 9.46. The lowest BCUT2D eigenvalue weighted by atomic mass is 10.1. The molecule has 0 saturated heterocycles. The number of carbonyl (C=O) groups is 1. The van der Waals surface area contributed by atoms with Gasteiger partial charge >= 0.3 is 5.97 Å². The molecule has 0 aliphatic heterocycles. The molecule has 3 aromatic carbocycles. The van der Waals surface area contributed by atoms with Gasteiger partial charge in [0.15, 0.2) is 6.39 Å². The van der Waals surface area contributed by atoms with Crippen LogP contribution in [0.5, 0.6) is 5.88 Å². The fraction of sp³-hybridized carbons (Fsp3) is 0.0968. The predicted molar refractivity (Wildman–Crippen MR) is 150 cm³/mol. The van der Waals surface area contributed by atoms with E-state index in [1.54, 1.807) is 59.3 Å². The van der Waals surface area contributed by atoms with Gasteiger partial charge in [0.1, 0.15) is 29.8 Å². The monoisotopic (exact) mass is 586 g/mol. The first-order chi connectivity index (χ1) is 20.3. The fourth-order valence-electron chi connectivity index (χ4n) is 4.56. The van der Waals surface area contributed by atoms with Crippen molar-refractivity contribution in [3.63, 3.8) is 0 Å². The van der Waals surface area contributed by atoms with Crippen molar-refractivity contribution < 1.29 is 27.8 Å². The summed E-state index contributed by atoms with van der Waals surface area (Å²) in [5, 5.41) is 9.76. The standard InChI is InChI=1S/C31H21ClF2N4O4/c32-22-8-6-21(25(34)13-22)16-41-30-3-1-2-26(37-30)19-5-4-18(24(33)10-19)12-29-36-27-9-7-20(31(39)40)11-28(27)38(29)15-23-14-35-17-42-23/h1-11,13-14,17H,12,15-16H2,(H,39,40). The summed E-state index contributed by atoms with van der Waals surface area (Å²) >= 11 is 5.81. The van der Waals surface area contributed by atoms with Crippen molar-refractivity contribution in [2.45, 2.75) is 19.6 Å². The van der Waals surface area contributed by atoms with E-state index in [1.807, 2.05) is 0 Å². The van der Waals surface area contributed by atoms with Crippen LogP contribution in [-0.2, 0) is 19.6 Å². The van der Waals surface area contributed by atoms with Gasteiger partial charge < -0.3 is 18.8 Å². The second kappa shape index (κ2) is 11.4. The first kappa shape index (κ1) is 27.1. The Kier molecular flexibility index (Phi) is 7.37. The second-order valence-corrected chi connectivity index (χ2v) is 9.90. The Morgan fingerprint density at radius 1 is 0.976 bits per heavy atom. The van der Waals surface area contributed by atoms with Crippen LogP contribution >= 0.6 is 11.6 Å². The van der Waals surface area contributed by atoms with Crippen LogP contribution in [0.2, 0.25) is 5.02 Å². The highest BCUT2D eigenvalue weighted by atomic mass is 35.5. The van der Waals surface area contributed by atoms with Gasteiger partial charge in [-0.1, -0.05) is 35.9 Å². The van der Waals surface area contributed by atoms with E-state index in [0.29, 0.717) is 50.0 Å². The van der Waals surface area contributed by atoms with Crippen molar-refractivity contribution in [2.24, 2.45) is 0 Å². The third-order valence-electron chi connectivity index (χ3n) is 6.68. The molecule has 0 saturated carbocycles. The third kappa shape index (κ3) is 5.70. The normalized spacial score (nSPS) is 11.2. The maximum absolute atomic E-state index is 15.4. The number of aromatic nitrogens is 4. The number of imidazole rings is 1. The molecule has 11 heteroatoms. The van der Waals surface area contributed by atoms with E-state index in [9.17, 15) is 14.3 Å². The summed E-state index contributed by atoms with van der Waals surface area (Å²) in [7, 11) is 0. The SMILES string of the molecule is O=C(O)c1ccc2nc(Cc3ccc(-c4cccc(OCc5ccc(Cl)cc5F)n4)cc3F)n(Cc3cnco3)c2c1. The average Bonchev–Trinajstić information content (AvgIpc) is 3.61. The number of carboxylic acid groups (broad SMARTS) is 1. The third-order valence-corrected chi connectivity index (χ3v) is 6.92. The molecule has 210 valence electrons. The van der Waals surface area contributed by atoms with Gasteiger partial charge in [0.25, 0.3) is 0 Å². The minimum absolute atomic E-state index is 0.0459. The maximum atomic E-state index is 15.4. The van der Waals surface area contributed by atoms with Gasteiger partial charge in [-0.2, -0.15) is 0 Å². The first-order valence-corrected chi connectivity index (χ1v) is 13.1. The van der Waals surface area contributed by atoms with Gasteiger partial charge in [-0.25, -0.2) is 28.5 Å². The van der Waals surface area contributed by atoms with E-state index in [0.717, 1.165) is 0 Å². The van der Waals surface area contributed by atoms with Crippen molar-refractivity contribution in [1.29, 1.82) is 0 Å². The van der Waals surface area contributed by atoms with Gasteiger partial charge in [0.05, 0.1) is 35.0 Å². The van der Waals surface area contributed by atoms with Crippen molar-refractivity contribution in [1.82, 2.24) is 19.5 Å².